The van der Waals surface area contributed by atoms with Crippen molar-refractivity contribution in [1.82, 2.24) is 0 Å². The Hall–Kier alpha value is -1.55. The highest BCUT2D eigenvalue weighted by Crippen LogP contribution is 2.46. The van der Waals surface area contributed by atoms with E-state index >= 15 is 0 Å². The van der Waals surface area contributed by atoms with Crippen LogP contribution in [-0.4, -0.2) is 0 Å². The summed E-state index contributed by atoms with van der Waals surface area (Å²) in [6.45, 7) is 4.41. The molecule has 0 atom stereocenters. The number of nitrogen functional groups attached to an aromatic ring is 1. The maximum Gasteiger partial charge on any atom is 0.0937 e. The Morgan fingerprint density at radius 2 is 1.48 bits per heavy atom. The molecule has 1 aliphatic rings. The maximum atomic E-state index is 6.25. The Morgan fingerprint density at radius 1 is 0.880 bits per heavy atom. The van der Waals surface area contributed by atoms with Crippen LogP contribution in [0.3, 0.4) is 0 Å². The van der Waals surface area contributed by atoms with Gasteiger partial charge in [-0.05, 0) is 85.2 Å². The number of halogens is 1. The molecule has 0 saturated heterocycles. The summed E-state index contributed by atoms with van der Waals surface area (Å²) in [7, 11) is 0. The van der Waals surface area contributed by atoms with Crippen molar-refractivity contribution in [2.75, 3.05) is 5.73 Å². The lowest BCUT2D eigenvalue weighted by Gasteiger charge is -2.07. The first kappa shape index (κ1) is 16.9. The third-order valence-corrected chi connectivity index (χ3v) is 7.15. The van der Waals surface area contributed by atoms with Crippen LogP contribution in [0.15, 0.2) is 36.4 Å². The molecule has 128 valence electrons. The molecule has 0 fully saturated rings. The Morgan fingerprint density at radius 3 is 2.08 bits per heavy atom. The molecule has 0 saturated carbocycles. The molecule has 4 rings (SSSR count). The lowest BCUT2D eigenvalue weighted by molar-refractivity contribution is 0.941. The van der Waals surface area contributed by atoms with E-state index in [-0.39, 0.29) is 0 Å². The monoisotopic (exact) mass is 385 g/mol. The van der Waals surface area contributed by atoms with E-state index in [9.17, 15) is 0 Å². The van der Waals surface area contributed by atoms with Crippen LogP contribution in [0, 0.1) is 13.8 Å². The summed E-state index contributed by atoms with van der Waals surface area (Å²) in [6, 6.07) is 12.7. The van der Waals surface area contributed by atoms with E-state index in [1.54, 1.807) is 11.3 Å². The quantitative estimate of drug-likeness (QED) is 0.466. The first-order valence-electron chi connectivity index (χ1n) is 8.48. The predicted molar refractivity (Wildman–Crippen MR) is 114 cm³/mol. The van der Waals surface area contributed by atoms with E-state index in [0.29, 0.717) is 0 Å². The Bertz CT molecular complexity index is 960. The molecular formula is C21H20ClNS2. The van der Waals surface area contributed by atoms with E-state index in [2.05, 4.69) is 38.1 Å². The second-order valence-electron chi connectivity index (χ2n) is 6.53. The summed E-state index contributed by atoms with van der Waals surface area (Å²) in [6.07, 6.45) is 3.53. The average Bonchev–Trinajstić information content (AvgIpc) is 3.26. The van der Waals surface area contributed by atoms with Gasteiger partial charge in [-0.1, -0.05) is 23.7 Å². The number of rotatable bonds is 3. The number of nitrogens with two attached hydrogens (primary N) is 1. The van der Waals surface area contributed by atoms with Crippen LogP contribution in [0.1, 0.15) is 40.1 Å². The van der Waals surface area contributed by atoms with Crippen LogP contribution in [0.2, 0.25) is 4.34 Å². The third-order valence-electron chi connectivity index (χ3n) is 4.87. The van der Waals surface area contributed by atoms with Gasteiger partial charge in [0, 0.05) is 20.3 Å². The Kier molecular flexibility index (Phi) is 4.48. The van der Waals surface area contributed by atoms with Crippen molar-refractivity contribution in [3.05, 3.63) is 61.6 Å². The van der Waals surface area contributed by atoms with Gasteiger partial charge in [0.25, 0.3) is 0 Å². The number of allylic oxidation sites excluding steroid dienone is 2. The van der Waals surface area contributed by atoms with Crippen LogP contribution in [0.5, 0.6) is 0 Å². The molecule has 0 spiro atoms. The highest BCUT2D eigenvalue weighted by Gasteiger charge is 2.23. The molecule has 0 unspecified atom stereocenters. The van der Waals surface area contributed by atoms with Gasteiger partial charge in [-0.2, -0.15) is 0 Å². The standard InChI is InChI=1S/C21H20ClNS2/c1-12-18(10-20(24-12)14-6-8-15(23)9-7-14)16-4-3-5-17(16)19-11-21(22)25-13(19)2/h6-11H,3-5,23H2,1-2H3. The van der Waals surface area contributed by atoms with Crippen molar-refractivity contribution < 1.29 is 0 Å². The van der Waals surface area contributed by atoms with Gasteiger partial charge in [-0.15, -0.1) is 22.7 Å². The van der Waals surface area contributed by atoms with E-state index in [1.165, 1.54) is 48.9 Å². The first-order chi connectivity index (χ1) is 12.0. The molecular weight excluding hydrogens is 366 g/mol. The normalized spacial score (nSPS) is 14.5. The number of hydrogen-bond acceptors (Lipinski definition) is 3. The van der Waals surface area contributed by atoms with E-state index in [4.69, 9.17) is 17.3 Å². The highest BCUT2D eigenvalue weighted by atomic mass is 35.5. The van der Waals surface area contributed by atoms with Gasteiger partial charge in [-0.3, -0.25) is 0 Å². The molecule has 1 nitrogen and oxygen atoms in total. The van der Waals surface area contributed by atoms with Gasteiger partial charge < -0.3 is 5.73 Å². The first-order valence-corrected chi connectivity index (χ1v) is 10.5. The van der Waals surface area contributed by atoms with Crippen LogP contribution >= 0.6 is 34.3 Å². The van der Waals surface area contributed by atoms with Crippen molar-refractivity contribution in [3.8, 4) is 10.4 Å². The third kappa shape index (κ3) is 3.17. The molecule has 1 aliphatic carbocycles. The molecule has 0 amide bonds. The Balaban J connectivity index is 1.79. The van der Waals surface area contributed by atoms with Crippen molar-refractivity contribution in [3.63, 3.8) is 0 Å². The van der Waals surface area contributed by atoms with Gasteiger partial charge in [-0.25, -0.2) is 0 Å². The van der Waals surface area contributed by atoms with Crippen LogP contribution in [0.4, 0.5) is 5.69 Å². The maximum absolute atomic E-state index is 6.25. The van der Waals surface area contributed by atoms with Gasteiger partial charge >= 0.3 is 0 Å². The summed E-state index contributed by atoms with van der Waals surface area (Å²) >= 11 is 9.81. The summed E-state index contributed by atoms with van der Waals surface area (Å²) in [4.78, 5) is 4.03. The van der Waals surface area contributed by atoms with Crippen molar-refractivity contribution in [2.45, 2.75) is 33.1 Å². The minimum atomic E-state index is 0.808. The van der Waals surface area contributed by atoms with Gasteiger partial charge in [0.15, 0.2) is 0 Å². The fourth-order valence-electron chi connectivity index (χ4n) is 3.65. The SMILES string of the molecule is Cc1sc(Cl)cc1C1=C(c2cc(-c3ccc(N)cc3)sc2C)CCC1. The number of benzene rings is 1. The zero-order chi connectivity index (χ0) is 17.6. The highest BCUT2D eigenvalue weighted by molar-refractivity contribution is 7.16. The van der Waals surface area contributed by atoms with Gasteiger partial charge in [0.1, 0.15) is 0 Å². The minimum absolute atomic E-state index is 0.808. The second kappa shape index (κ2) is 6.64. The zero-order valence-electron chi connectivity index (χ0n) is 14.4. The molecule has 2 aromatic heterocycles. The lowest BCUT2D eigenvalue weighted by atomic mass is 9.97. The van der Waals surface area contributed by atoms with Gasteiger partial charge in [0.2, 0.25) is 0 Å². The lowest BCUT2D eigenvalue weighted by Crippen LogP contribution is -1.86. The minimum Gasteiger partial charge on any atom is -0.399 e. The number of aryl methyl sites for hydroxylation is 2. The van der Waals surface area contributed by atoms with Crippen LogP contribution < -0.4 is 5.73 Å². The summed E-state index contributed by atoms with van der Waals surface area (Å²) < 4.78 is 0.885. The van der Waals surface area contributed by atoms with Crippen LogP contribution in [0.25, 0.3) is 21.6 Å². The molecule has 2 heterocycles. The second-order valence-corrected chi connectivity index (χ2v) is 9.68. The fourth-order valence-corrected chi connectivity index (χ4v) is 5.93. The average molecular weight is 386 g/mol. The summed E-state index contributed by atoms with van der Waals surface area (Å²) in [5.41, 5.74) is 13.6. The number of hydrogen-bond donors (Lipinski definition) is 1. The Labute approximate surface area is 161 Å². The fraction of sp³-hybridized carbons (Fsp3) is 0.238. The molecule has 3 aromatic rings. The predicted octanol–water partition coefficient (Wildman–Crippen LogP) is 7.42. The van der Waals surface area contributed by atoms with Crippen molar-refractivity contribution in [2.24, 2.45) is 0 Å². The largest absolute Gasteiger partial charge is 0.399 e. The van der Waals surface area contributed by atoms with Crippen molar-refractivity contribution >= 4 is 51.1 Å². The molecule has 0 radical (unpaired) electrons. The molecule has 2 N–H and O–H groups in total. The molecule has 0 aliphatic heterocycles. The molecule has 1 aromatic carbocycles. The molecule has 4 heteroatoms. The summed E-state index contributed by atoms with van der Waals surface area (Å²) in [5, 5.41) is 0. The molecule has 25 heavy (non-hydrogen) atoms. The smallest absolute Gasteiger partial charge is 0.0937 e. The topological polar surface area (TPSA) is 26.0 Å². The van der Waals surface area contributed by atoms with E-state index in [1.807, 2.05) is 23.5 Å². The van der Waals surface area contributed by atoms with E-state index in [0.717, 1.165) is 22.9 Å². The zero-order valence-corrected chi connectivity index (χ0v) is 16.7. The van der Waals surface area contributed by atoms with E-state index < -0.39 is 0 Å². The number of thiophene rings is 2. The molecule has 0 bridgehead atoms. The van der Waals surface area contributed by atoms with Crippen LogP contribution in [-0.2, 0) is 0 Å². The number of anilines is 1. The van der Waals surface area contributed by atoms with Gasteiger partial charge in [0.05, 0.1) is 4.34 Å². The summed E-state index contributed by atoms with van der Waals surface area (Å²) in [5.74, 6) is 0. The van der Waals surface area contributed by atoms with Crippen molar-refractivity contribution in [1.29, 1.82) is 0 Å².